The quantitative estimate of drug-likeness (QED) is 0.0404. The summed E-state index contributed by atoms with van der Waals surface area (Å²) in [5, 5.41) is 26.0. The third-order valence-electron chi connectivity index (χ3n) is 5.39. The molecule has 4 atom stereocenters. The molecule has 0 aromatic heterocycles. The lowest BCUT2D eigenvalue weighted by Gasteiger charge is -2.25. The van der Waals surface area contributed by atoms with Gasteiger partial charge >= 0.3 is 11.9 Å². The first-order chi connectivity index (χ1) is 17.9. The molecular weight excluding hydrogens is 520 g/mol. The van der Waals surface area contributed by atoms with Gasteiger partial charge in [-0.2, -0.15) is 11.8 Å². The number of hydrogen-bond acceptors (Lipinski definition) is 9. The van der Waals surface area contributed by atoms with E-state index in [2.05, 4.69) is 20.9 Å². The van der Waals surface area contributed by atoms with Crippen molar-refractivity contribution >= 4 is 47.4 Å². The number of nitrogens with zero attached hydrogens (tertiary/aromatic N) is 1. The van der Waals surface area contributed by atoms with Crippen LogP contribution >= 0.6 is 11.8 Å². The van der Waals surface area contributed by atoms with Crippen LogP contribution in [0.4, 0.5) is 0 Å². The van der Waals surface area contributed by atoms with Crippen molar-refractivity contribution in [1.29, 1.82) is 0 Å². The van der Waals surface area contributed by atoms with E-state index in [9.17, 15) is 29.1 Å². The molecule has 38 heavy (non-hydrogen) atoms. The molecule has 0 aliphatic carbocycles. The van der Waals surface area contributed by atoms with Crippen LogP contribution in [0, 0.1) is 0 Å². The molecule has 13 N–H and O–H groups in total. The van der Waals surface area contributed by atoms with E-state index in [0.717, 1.165) is 0 Å². The van der Waals surface area contributed by atoms with Gasteiger partial charge in [0.15, 0.2) is 5.96 Å². The minimum Gasteiger partial charge on any atom is -0.481 e. The first kappa shape index (κ1) is 34.9. The van der Waals surface area contributed by atoms with Crippen molar-refractivity contribution in [1.82, 2.24) is 16.0 Å². The highest BCUT2D eigenvalue weighted by Gasteiger charge is 2.30. The highest BCUT2D eigenvalue weighted by Crippen LogP contribution is 2.07. The molecule has 0 heterocycles. The highest BCUT2D eigenvalue weighted by atomic mass is 32.2. The highest BCUT2D eigenvalue weighted by molar-refractivity contribution is 7.98. The molecule has 0 spiro atoms. The number of amides is 3. The maximum absolute atomic E-state index is 13.0. The van der Waals surface area contributed by atoms with Crippen molar-refractivity contribution in [3.63, 3.8) is 0 Å². The Labute approximate surface area is 226 Å². The molecule has 0 aromatic rings. The third kappa shape index (κ3) is 15.9. The van der Waals surface area contributed by atoms with Gasteiger partial charge in [-0.15, -0.1) is 0 Å². The molecular formula is C22H42N8O7S. The molecule has 16 heteroatoms. The first-order valence-corrected chi connectivity index (χ1v) is 13.7. The van der Waals surface area contributed by atoms with Gasteiger partial charge in [0.25, 0.3) is 0 Å². The van der Waals surface area contributed by atoms with Crippen LogP contribution in [0.3, 0.4) is 0 Å². The average molecular weight is 563 g/mol. The van der Waals surface area contributed by atoms with E-state index in [1.807, 2.05) is 6.26 Å². The van der Waals surface area contributed by atoms with E-state index in [4.69, 9.17) is 28.0 Å². The molecule has 4 unspecified atom stereocenters. The summed E-state index contributed by atoms with van der Waals surface area (Å²) in [5.41, 5.74) is 21.9. The maximum atomic E-state index is 13.0. The molecule has 0 saturated heterocycles. The Morgan fingerprint density at radius 3 is 1.89 bits per heavy atom. The lowest BCUT2D eigenvalue weighted by molar-refractivity contribution is -0.142. The van der Waals surface area contributed by atoms with Gasteiger partial charge in [0.1, 0.15) is 18.1 Å². The summed E-state index contributed by atoms with van der Waals surface area (Å²) >= 11 is 1.49. The SMILES string of the molecule is CSCCC(N)C(=O)NC(CCC(=O)O)C(=O)NC(CCCCN)C(=O)NC(CCCN=C(N)N)C(=O)O. The summed E-state index contributed by atoms with van der Waals surface area (Å²) in [7, 11) is 0. The predicted octanol–water partition coefficient (Wildman–Crippen LogP) is -2.35. The van der Waals surface area contributed by atoms with E-state index < -0.39 is 60.2 Å². The zero-order valence-electron chi connectivity index (χ0n) is 21.7. The van der Waals surface area contributed by atoms with Gasteiger partial charge < -0.3 is 49.1 Å². The topological polar surface area (TPSA) is 278 Å². The molecule has 3 amide bonds. The molecule has 0 saturated carbocycles. The second kappa shape index (κ2) is 19.9. The standard InChI is InChI=1S/C22H42N8O7S/c1-38-12-9-13(24)18(33)28-15(7-8-17(31)32)20(35)29-14(5-2-3-10-23)19(34)30-16(21(36)37)6-4-11-27-22(25)26/h13-16H,2-12,23-24H2,1H3,(H,28,33)(H,29,35)(H,30,34)(H,31,32)(H,36,37)(H4,25,26,27). The van der Waals surface area contributed by atoms with Crippen LogP contribution in [0.2, 0.25) is 0 Å². The zero-order chi connectivity index (χ0) is 29.1. The monoisotopic (exact) mass is 562 g/mol. The number of nitrogens with two attached hydrogens (primary N) is 4. The molecule has 0 aliphatic heterocycles. The number of nitrogens with one attached hydrogen (secondary N) is 3. The van der Waals surface area contributed by atoms with Crippen molar-refractivity contribution in [2.75, 3.05) is 25.1 Å². The van der Waals surface area contributed by atoms with E-state index in [-0.39, 0.29) is 38.2 Å². The van der Waals surface area contributed by atoms with Gasteiger partial charge in [-0.3, -0.25) is 24.2 Å². The lowest BCUT2D eigenvalue weighted by Crippen LogP contribution is -2.57. The number of guanidine groups is 1. The Bertz CT molecular complexity index is 811. The van der Waals surface area contributed by atoms with Gasteiger partial charge in [-0.25, -0.2) is 4.79 Å². The number of thioether (sulfide) groups is 1. The predicted molar refractivity (Wildman–Crippen MR) is 144 cm³/mol. The van der Waals surface area contributed by atoms with E-state index >= 15 is 0 Å². The van der Waals surface area contributed by atoms with Gasteiger partial charge in [0, 0.05) is 13.0 Å². The van der Waals surface area contributed by atoms with E-state index in [0.29, 0.717) is 31.6 Å². The number of carbonyl (C=O) groups is 5. The maximum Gasteiger partial charge on any atom is 0.326 e. The summed E-state index contributed by atoms with van der Waals surface area (Å²) in [6.07, 6.45) is 2.99. The fraction of sp³-hybridized carbons (Fsp3) is 0.727. The van der Waals surface area contributed by atoms with Crippen LogP contribution in [0.25, 0.3) is 0 Å². The minimum absolute atomic E-state index is 0.0343. The van der Waals surface area contributed by atoms with Crippen molar-refractivity contribution in [2.24, 2.45) is 27.9 Å². The summed E-state index contributed by atoms with van der Waals surface area (Å²) in [6.45, 7) is 0.513. The molecule has 0 radical (unpaired) electrons. The van der Waals surface area contributed by atoms with Crippen molar-refractivity contribution in [3.8, 4) is 0 Å². The number of carbonyl (C=O) groups excluding carboxylic acids is 3. The Hall–Kier alpha value is -3.11. The van der Waals surface area contributed by atoms with Crippen LogP contribution < -0.4 is 38.9 Å². The fourth-order valence-corrected chi connectivity index (χ4v) is 3.75. The molecule has 0 rings (SSSR count). The van der Waals surface area contributed by atoms with E-state index in [1.54, 1.807) is 0 Å². The molecule has 218 valence electrons. The Morgan fingerprint density at radius 1 is 0.816 bits per heavy atom. The van der Waals surface area contributed by atoms with Crippen molar-refractivity contribution in [2.45, 2.75) is 75.5 Å². The van der Waals surface area contributed by atoms with Gasteiger partial charge in [0.2, 0.25) is 17.7 Å². The molecule has 0 aliphatic rings. The number of rotatable bonds is 21. The number of carboxylic acid groups (broad SMARTS) is 2. The Morgan fingerprint density at radius 2 is 1.37 bits per heavy atom. The number of carboxylic acids is 2. The Kier molecular flexibility index (Phi) is 18.3. The second-order valence-corrected chi connectivity index (χ2v) is 9.56. The number of aliphatic imine (C=N–C) groups is 1. The van der Waals surface area contributed by atoms with Crippen LogP contribution in [0.5, 0.6) is 0 Å². The normalized spacial score (nSPS) is 13.9. The van der Waals surface area contributed by atoms with Crippen molar-refractivity contribution in [3.05, 3.63) is 0 Å². The molecule has 0 fully saturated rings. The van der Waals surface area contributed by atoms with E-state index in [1.165, 1.54) is 11.8 Å². The fourth-order valence-electron chi connectivity index (χ4n) is 3.26. The minimum atomic E-state index is -1.28. The van der Waals surface area contributed by atoms with Gasteiger partial charge in [-0.1, -0.05) is 0 Å². The zero-order valence-corrected chi connectivity index (χ0v) is 22.5. The Balaban J connectivity index is 5.53. The van der Waals surface area contributed by atoms with Crippen LogP contribution in [0.15, 0.2) is 4.99 Å². The summed E-state index contributed by atoms with van der Waals surface area (Å²) < 4.78 is 0. The van der Waals surface area contributed by atoms with Gasteiger partial charge in [0.05, 0.1) is 6.04 Å². The summed E-state index contributed by atoms with van der Waals surface area (Å²) in [4.78, 5) is 65.0. The first-order valence-electron chi connectivity index (χ1n) is 12.3. The second-order valence-electron chi connectivity index (χ2n) is 8.58. The molecule has 0 aromatic carbocycles. The van der Waals surface area contributed by atoms with Gasteiger partial charge in [-0.05, 0) is 63.5 Å². The molecule has 0 bridgehead atoms. The van der Waals surface area contributed by atoms with Crippen LogP contribution in [-0.2, 0) is 24.0 Å². The number of hydrogen-bond donors (Lipinski definition) is 9. The third-order valence-corrected chi connectivity index (χ3v) is 6.03. The number of aliphatic carboxylic acids is 2. The van der Waals surface area contributed by atoms with Crippen LogP contribution in [0.1, 0.15) is 51.4 Å². The average Bonchev–Trinajstić information content (AvgIpc) is 2.85. The lowest BCUT2D eigenvalue weighted by atomic mass is 10.0. The molecule has 15 nitrogen and oxygen atoms in total. The summed E-state index contributed by atoms with van der Waals surface area (Å²) in [6, 6.07) is -4.58. The summed E-state index contributed by atoms with van der Waals surface area (Å²) in [5.74, 6) is -4.14. The smallest absolute Gasteiger partial charge is 0.326 e. The van der Waals surface area contributed by atoms with Crippen LogP contribution in [-0.4, -0.2) is 95.1 Å². The number of unbranched alkanes of at least 4 members (excludes halogenated alkanes) is 1. The largest absolute Gasteiger partial charge is 0.481 e. The van der Waals surface area contributed by atoms with Crippen molar-refractivity contribution < 1.29 is 34.2 Å².